The number of rotatable bonds is 3. The molecule has 0 saturated heterocycles. The molecule has 5 heteroatoms. The normalized spacial score (nSPS) is 13.2. The fraction of sp³-hybridized carbons (Fsp3) is 0.133. The van der Waals surface area contributed by atoms with Gasteiger partial charge in [-0.25, -0.2) is 0 Å². The first kappa shape index (κ1) is 12.2. The van der Waals surface area contributed by atoms with Gasteiger partial charge in [-0.1, -0.05) is 24.3 Å². The summed E-state index contributed by atoms with van der Waals surface area (Å²) in [5.41, 5.74) is 11.5. The van der Waals surface area contributed by atoms with Crippen molar-refractivity contribution in [1.29, 1.82) is 10.7 Å². The topological polar surface area (TPSA) is 98.0 Å². The third kappa shape index (κ3) is 1.88. The Bertz CT molecular complexity index is 772. The maximum atomic E-state index is 8.84. The van der Waals surface area contributed by atoms with E-state index in [0.717, 1.165) is 23.9 Å². The molecule has 0 aliphatic heterocycles. The molecule has 0 spiro atoms. The molecule has 2 aromatic carbocycles. The Morgan fingerprint density at radius 3 is 2.70 bits per heavy atom. The molecule has 0 saturated carbocycles. The van der Waals surface area contributed by atoms with Crippen LogP contribution in [0.3, 0.4) is 0 Å². The van der Waals surface area contributed by atoms with E-state index in [1.54, 1.807) is 6.07 Å². The van der Waals surface area contributed by atoms with E-state index in [-0.39, 0.29) is 11.5 Å². The highest BCUT2D eigenvalue weighted by molar-refractivity contribution is 6.45. The van der Waals surface area contributed by atoms with Crippen LogP contribution in [0.2, 0.25) is 0 Å². The molecular formula is C15H13N5. The lowest BCUT2D eigenvalue weighted by Crippen LogP contribution is -2.21. The summed E-state index contributed by atoms with van der Waals surface area (Å²) >= 11 is 0. The van der Waals surface area contributed by atoms with Gasteiger partial charge >= 0.3 is 0 Å². The summed E-state index contributed by atoms with van der Waals surface area (Å²) in [7, 11) is 0. The Morgan fingerprint density at radius 1 is 1.25 bits per heavy atom. The van der Waals surface area contributed by atoms with E-state index in [1.807, 2.05) is 18.2 Å². The smallest absolute Gasteiger partial charge is 0.201 e. The fourth-order valence-electron chi connectivity index (χ4n) is 2.61. The molecule has 20 heavy (non-hydrogen) atoms. The van der Waals surface area contributed by atoms with Crippen molar-refractivity contribution in [3.8, 4) is 6.07 Å². The van der Waals surface area contributed by atoms with Crippen molar-refractivity contribution in [2.75, 3.05) is 5.43 Å². The van der Waals surface area contributed by atoms with Gasteiger partial charge in [-0.15, -0.1) is 0 Å². The minimum Gasteiger partial charge on any atom is -0.382 e. The van der Waals surface area contributed by atoms with Crippen LogP contribution in [0.4, 0.5) is 5.69 Å². The monoisotopic (exact) mass is 263 g/mol. The number of amidine groups is 1. The van der Waals surface area contributed by atoms with Crippen LogP contribution in [0.5, 0.6) is 0 Å². The van der Waals surface area contributed by atoms with Gasteiger partial charge in [-0.2, -0.15) is 10.4 Å². The van der Waals surface area contributed by atoms with Crippen LogP contribution in [-0.4, -0.2) is 11.5 Å². The first-order valence-electron chi connectivity index (χ1n) is 6.32. The molecule has 0 heterocycles. The molecule has 2 aromatic rings. The fourth-order valence-corrected chi connectivity index (χ4v) is 2.61. The van der Waals surface area contributed by atoms with E-state index in [2.05, 4.69) is 22.7 Å². The molecule has 0 amide bonds. The molecule has 0 fully saturated rings. The van der Waals surface area contributed by atoms with E-state index in [0.29, 0.717) is 0 Å². The predicted molar refractivity (Wildman–Crippen MR) is 79.9 cm³/mol. The molecule has 0 unspecified atom stereocenters. The molecule has 1 aliphatic rings. The van der Waals surface area contributed by atoms with E-state index in [9.17, 15) is 0 Å². The molecule has 1 aliphatic carbocycles. The van der Waals surface area contributed by atoms with Gasteiger partial charge in [0.05, 0.1) is 5.69 Å². The Morgan fingerprint density at radius 2 is 2.00 bits per heavy atom. The zero-order valence-corrected chi connectivity index (χ0v) is 10.8. The molecule has 0 aromatic heterocycles. The van der Waals surface area contributed by atoms with Gasteiger partial charge in [0.2, 0.25) is 5.71 Å². The maximum absolute atomic E-state index is 8.84. The molecule has 5 nitrogen and oxygen atoms in total. The minimum absolute atomic E-state index is 0.117. The van der Waals surface area contributed by atoms with Crippen molar-refractivity contribution in [1.82, 2.24) is 0 Å². The van der Waals surface area contributed by atoms with Crippen molar-refractivity contribution in [2.24, 2.45) is 10.8 Å². The van der Waals surface area contributed by atoms with Crippen LogP contribution in [-0.2, 0) is 12.8 Å². The van der Waals surface area contributed by atoms with Crippen molar-refractivity contribution < 1.29 is 0 Å². The molecule has 0 atom stereocenters. The summed E-state index contributed by atoms with van der Waals surface area (Å²) in [5, 5.41) is 22.3. The van der Waals surface area contributed by atoms with Gasteiger partial charge in [-0.3, -0.25) is 10.8 Å². The Hall–Kier alpha value is -2.87. The number of hydrogen-bond acceptors (Lipinski definition) is 4. The summed E-state index contributed by atoms with van der Waals surface area (Å²) in [6, 6.07) is 12.0. The SMILES string of the molecule is N#C/C(=N\Nc1ccc2c3c(cccc13)CC2)C(=N)N. The number of nitrogens with two attached hydrogens (primary N) is 1. The van der Waals surface area contributed by atoms with Gasteiger partial charge in [0.15, 0.2) is 5.84 Å². The first-order valence-corrected chi connectivity index (χ1v) is 6.32. The number of benzene rings is 2. The summed E-state index contributed by atoms with van der Waals surface area (Å²) in [6.45, 7) is 0. The molecular weight excluding hydrogens is 250 g/mol. The lowest BCUT2D eigenvalue weighted by atomic mass is 10.0. The average Bonchev–Trinajstić information content (AvgIpc) is 2.86. The summed E-state index contributed by atoms with van der Waals surface area (Å²) in [4.78, 5) is 0. The van der Waals surface area contributed by atoms with Gasteiger partial charge < -0.3 is 5.73 Å². The standard InChI is InChI=1S/C15H13N5/c16-8-13(15(17)18)20-19-12-7-6-10-5-4-9-2-1-3-11(12)14(9)10/h1-3,6-7,19H,4-5H2,(H3,17,18)/b20-13+. The Balaban J connectivity index is 2.07. The molecule has 4 N–H and O–H groups in total. The van der Waals surface area contributed by atoms with Crippen molar-refractivity contribution in [3.05, 3.63) is 41.5 Å². The summed E-state index contributed by atoms with van der Waals surface area (Å²) in [5.74, 6) is -0.342. The van der Waals surface area contributed by atoms with Crippen LogP contribution in [0.15, 0.2) is 35.4 Å². The van der Waals surface area contributed by atoms with Gasteiger partial charge in [0, 0.05) is 5.39 Å². The summed E-state index contributed by atoms with van der Waals surface area (Å²) in [6.07, 6.45) is 2.13. The van der Waals surface area contributed by atoms with Crippen LogP contribution in [0.1, 0.15) is 11.1 Å². The van der Waals surface area contributed by atoms with Gasteiger partial charge in [0.25, 0.3) is 0 Å². The predicted octanol–water partition coefficient (Wildman–Crippen LogP) is 2.17. The zero-order valence-electron chi connectivity index (χ0n) is 10.8. The molecule has 98 valence electrons. The van der Waals surface area contributed by atoms with E-state index in [1.165, 1.54) is 16.5 Å². The number of hydrogen-bond donors (Lipinski definition) is 3. The molecule has 3 rings (SSSR count). The number of nitrogens with one attached hydrogen (secondary N) is 2. The lowest BCUT2D eigenvalue weighted by molar-refractivity contribution is 1.02. The largest absolute Gasteiger partial charge is 0.382 e. The highest BCUT2D eigenvalue weighted by Crippen LogP contribution is 2.34. The van der Waals surface area contributed by atoms with Crippen LogP contribution >= 0.6 is 0 Å². The first-order chi connectivity index (χ1) is 9.70. The van der Waals surface area contributed by atoms with Gasteiger partial charge in [-0.05, 0) is 35.4 Å². The number of hydrazone groups is 1. The van der Waals surface area contributed by atoms with E-state index >= 15 is 0 Å². The molecule has 0 radical (unpaired) electrons. The van der Waals surface area contributed by atoms with Crippen LogP contribution < -0.4 is 11.2 Å². The maximum Gasteiger partial charge on any atom is 0.201 e. The third-order valence-corrected chi connectivity index (χ3v) is 3.53. The number of nitriles is 1. The minimum atomic E-state index is -0.342. The highest BCUT2D eigenvalue weighted by Gasteiger charge is 2.15. The Kier molecular flexibility index (Phi) is 2.84. The second-order valence-corrected chi connectivity index (χ2v) is 4.71. The summed E-state index contributed by atoms with van der Waals surface area (Å²) < 4.78 is 0. The second-order valence-electron chi connectivity index (χ2n) is 4.71. The van der Waals surface area contributed by atoms with E-state index in [4.69, 9.17) is 16.4 Å². The lowest BCUT2D eigenvalue weighted by Gasteiger charge is -2.08. The van der Waals surface area contributed by atoms with Crippen molar-refractivity contribution in [2.45, 2.75) is 12.8 Å². The van der Waals surface area contributed by atoms with E-state index < -0.39 is 0 Å². The average molecular weight is 263 g/mol. The van der Waals surface area contributed by atoms with Crippen molar-refractivity contribution in [3.63, 3.8) is 0 Å². The second kappa shape index (κ2) is 4.67. The number of aryl methyl sites for hydroxylation is 2. The quantitative estimate of drug-likeness (QED) is 0.449. The van der Waals surface area contributed by atoms with Gasteiger partial charge in [0.1, 0.15) is 6.07 Å². The molecule has 0 bridgehead atoms. The van der Waals surface area contributed by atoms with Crippen LogP contribution in [0.25, 0.3) is 10.8 Å². The Labute approximate surface area is 116 Å². The number of anilines is 1. The third-order valence-electron chi connectivity index (χ3n) is 3.53. The highest BCUT2D eigenvalue weighted by atomic mass is 15.3. The van der Waals surface area contributed by atoms with Crippen molar-refractivity contribution >= 4 is 28.0 Å². The zero-order chi connectivity index (χ0) is 14.1. The van der Waals surface area contributed by atoms with Crippen LogP contribution in [0, 0.1) is 16.7 Å². The number of nitrogens with zero attached hydrogens (tertiary/aromatic N) is 2.